The van der Waals surface area contributed by atoms with Gasteiger partial charge < -0.3 is 11.1 Å². The summed E-state index contributed by atoms with van der Waals surface area (Å²) >= 11 is 5.96. The molecule has 0 aliphatic heterocycles. The molecule has 2 aromatic rings. The molecular weight excluding hydrogens is 336 g/mol. The van der Waals surface area contributed by atoms with Crippen LogP contribution in [0.5, 0.6) is 0 Å². The molecule has 1 aromatic carbocycles. The summed E-state index contributed by atoms with van der Waals surface area (Å²) in [5.41, 5.74) is 8.39. The number of nitrogens with one attached hydrogen (secondary N) is 2. The number of nitrogens with two attached hydrogens (primary N) is 1. The minimum absolute atomic E-state index is 0.0592. The minimum atomic E-state index is -0.0592. The lowest BCUT2D eigenvalue weighted by Crippen LogP contribution is -2.53. The Kier molecular flexibility index (Phi) is 4.52. The Morgan fingerprint density at radius 2 is 1.88 bits per heavy atom. The van der Waals surface area contributed by atoms with Crippen LogP contribution in [0.25, 0.3) is 11.3 Å². The zero-order valence-corrected chi connectivity index (χ0v) is 14.8. The molecule has 4 rings (SSSR count). The van der Waals surface area contributed by atoms with Gasteiger partial charge in [-0.3, -0.25) is 9.89 Å². The lowest BCUT2D eigenvalue weighted by atomic mass is 9.67. The van der Waals surface area contributed by atoms with Gasteiger partial charge in [-0.05, 0) is 49.7 Å². The van der Waals surface area contributed by atoms with Crippen LogP contribution in [0.3, 0.4) is 0 Å². The van der Waals surface area contributed by atoms with Crippen molar-refractivity contribution in [2.45, 2.75) is 44.2 Å². The number of aromatic nitrogens is 2. The fraction of sp³-hybridized carbons (Fsp3) is 0.474. The highest BCUT2D eigenvalue weighted by molar-refractivity contribution is 6.30. The molecule has 2 aliphatic rings. The standard InChI is InChI=1S/C19H23ClN4O/c20-14-6-4-11(5-7-14)18-16(10-22-24-18)19(25)23-17-12-2-1-3-13(17)9-15(21)8-12/h4-7,10,12-13,15,17H,1-3,8-9,21H2,(H,22,24)(H,23,25). The lowest BCUT2D eigenvalue weighted by molar-refractivity contribution is 0.0756. The van der Waals surface area contributed by atoms with Crippen LogP contribution in [-0.2, 0) is 0 Å². The Morgan fingerprint density at radius 1 is 1.20 bits per heavy atom. The molecule has 6 heteroatoms. The normalized spacial score (nSPS) is 28.6. The average Bonchev–Trinajstić information content (AvgIpc) is 3.06. The Hall–Kier alpha value is -1.85. The van der Waals surface area contributed by atoms with Gasteiger partial charge in [-0.1, -0.05) is 30.2 Å². The Morgan fingerprint density at radius 3 is 2.56 bits per heavy atom. The number of H-pyrrole nitrogens is 1. The summed E-state index contributed by atoms with van der Waals surface area (Å²) in [4.78, 5) is 12.9. The van der Waals surface area contributed by atoms with E-state index in [1.165, 1.54) is 6.42 Å². The number of rotatable bonds is 3. The number of carbonyl (C=O) groups excluding carboxylic acids is 1. The fourth-order valence-corrected chi connectivity index (χ4v) is 4.67. The number of hydrogen-bond donors (Lipinski definition) is 3. The molecule has 4 N–H and O–H groups in total. The topological polar surface area (TPSA) is 83.8 Å². The van der Waals surface area contributed by atoms with Gasteiger partial charge in [0.1, 0.15) is 0 Å². The van der Waals surface area contributed by atoms with Crippen LogP contribution in [0.2, 0.25) is 5.02 Å². The van der Waals surface area contributed by atoms with Crippen LogP contribution in [0.1, 0.15) is 42.5 Å². The first-order valence-corrected chi connectivity index (χ1v) is 9.35. The van der Waals surface area contributed by atoms with Crippen molar-refractivity contribution < 1.29 is 4.79 Å². The summed E-state index contributed by atoms with van der Waals surface area (Å²) in [6, 6.07) is 7.91. The van der Waals surface area contributed by atoms with E-state index in [2.05, 4.69) is 15.5 Å². The van der Waals surface area contributed by atoms with Crippen LogP contribution >= 0.6 is 11.6 Å². The smallest absolute Gasteiger partial charge is 0.255 e. The van der Waals surface area contributed by atoms with Gasteiger partial charge >= 0.3 is 0 Å². The number of nitrogens with zero attached hydrogens (tertiary/aromatic N) is 1. The summed E-state index contributed by atoms with van der Waals surface area (Å²) < 4.78 is 0. The first kappa shape index (κ1) is 16.6. The fourth-order valence-electron chi connectivity index (χ4n) is 4.55. The predicted octanol–water partition coefficient (Wildman–Crippen LogP) is 3.37. The molecule has 2 saturated carbocycles. The van der Waals surface area contributed by atoms with E-state index in [0.29, 0.717) is 22.4 Å². The van der Waals surface area contributed by atoms with Crippen molar-refractivity contribution in [3.8, 4) is 11.3 Å². The molecule has 0 spiro atoms. The molecule has 2 unspecified atom stereocenters. The van der Waals surface area contributed by atoms with Gasteiger partial charge in [-0.15, -0.1) is 0 Å². The molecule has 132 valence electrons. The van der Waals surface area contributed by atoms with E-state index in [9.17, 15) is 4.79 Å². The number of halogens is 1. The van der Waals surface area contributed by atoms with E-state index in [1.54, 1.807) is 6.20 Å². The number of benzene rings is 1. The highest BCUT2D eigenvalue weighted by Crippen LogP contribution is 2.40. The van der Waals surface area contributed by atoms with Crippen molar-refractivity contribution in [1.82, 2.24) is 15.5 Å². The Labute approximate surface area is 152 Å². The predicted molar refractivity (Wildman–Crippen MR) is 98.3 cm³/mol. The summed E-state index contributed by atoms with van der Waals surface area (Å²) in [6.07, 6.45) is 7.18. The van der Waals surface area contributed by atoms with E-state index in [4.69, 9.17) is 17.3 Å². The molecular formula is C19H23ClN4O. The Bertz CT molecular complexity index is 743. The highest BCUT2D eigenvalue weighted by Gasteiger charge is 2.40. The molecule has 2 aliphatic carbocycles. The van der Waals surface area contributed by atoms with E-state index in [0.717, 1.165) is 36.9 Å². The maximum absolute atomic E-state index is 12.9. The number of fused-ring (bicyclic) bond motifs is 2. The monoisotopic (exact) mass is 358 g/mol. The average molecular weight is 359 g/mol. The van der Waals surface area contributed by atoms with Gasteiger partial charge in [0.2, 0.25) is 0 Å². The molecule has 0 saturated heterocycles. The number of amides is 1. The number of aromatic amines is 1. The molecule has 2 bridgehead atoms. The van der Waals surface area contributed by atoms with Crippen molar-refractivity contribution in [1.29, 1.82) is 0 Å². The maximum Gasteiger partial charge on any atom is 0.255 e. The minimum Gasteiger partial charge on any atom is -0.349 e. The van der Waals surface area contributed by atoms with Gasteiger partial charge in [0.25, 0.3) is 5.91 Å². The summed E-state index contributed by atoms with van der Waals surface area (Å²) in [5.74, 6) is 0.936. The second-order valence-corrected chi connectivity index (χ2v) is 7.78. The van der Waals surface area contributed by atoms with E-state index in [-0.39, 0.29) is 18.0 Å². The van der Waals surface area contributed by atoms with Crippen molar-refractivity contribution in [2.24, 2.45) is 17.6 Å². The summed E-state index contributed by atoms with van der Waals surface area (Å²) in [6.45, 7) is 0. The number of hydrogen-bond acceptors (Lipinski definition) is 3. The quantitative estimate of drug-likeness (QED) is 0.786. The number of carbonyl (C=O) groups is 1. The van der Waals surface area contributed by atoms with Gasteiger partial charge in [0.05, 0.1) is 17.5 Å². The zero-order chi connectivity index (χ0) is 17.4. The van der Waals surface area contributed by atoms with Gasteiger partial charge in [0, 0.05) is 22.7 Å². The zero-order valence-electron chi connectivity index (χ0n) is 14.0. The van der Waals surface area contributed by atoms with Crippen LogP contribution in [-0.4, -0.2) is 28.2 Å². The third kappa shape index (κ3) is 3.31. The summed E-state index contributed by atoms with van der Waals surface area (Å²) in [7, 11) is 0. The van der Waals surface area contributed by atoms with Crippen LogP contribution < -0.4 is 11.1 Å². The second-order valence-electron chi connectivity index (χ2n) is 7.35. The molecule has 1 amide bonds. The van der Waals surface area contributed by atoms with E-state index < -0.39 is 0 Å². The molecule has 25 heavy (non-hydrogen) atoms. The summed E-state index contributed by atoms with van der Waals surface area (Å²) in [5, 5.41) is 11.0. The largest absolute Gasteiger partial charge is 0.349 e. The van der Waals surface area contributed by atoms with Crippen molar-refractivity contribution >= 4 is 17.5 Å². The van der Waals surface area contributed by atoms with Crippen molar-refractivity contribution in [2.75, 3.05) is 0 Å². The molecule has 1 aromatic heterocycles. The van der Waals surface area contributed by atoms with Gasteiger partial charge in [-0.25, -0.2) is 0 Å². The van der Waals surface area contributed by atoms with Gasteiger partial charge in [-0.2, -0.15) is 5.10 Å². The van der Waals surface area contributed by atoms with Crippen LogP contribution in [0.4, 0.5) is 0 Å². The van der Waals surface area contributed by atoms with Crippen molar-refractivity contribution in [3.63, 3.8) is 0 Å². The second kappa shape index (κ2) is 6.81. The molecule has 2 atom stereocenters. The van der Waals surface area contributed by atoms with Crippen molar-refractivity contribution in [3.05, 3.63) is 41.0 Å². The SMILES string of the molecule is NC1CC2CCCC(C1)C2NC(=O)c1cn[nH]c1-c1ccc(Cl)cc1. The molecule has 5 nitrogen and oxygen atoms in total. The third-order valence-corrected chi connectivity index (χ3v) is 5.94. The maximum atomic E-state index is 12.9. The van der Waals surface area contributed by atoms with E-state index in [1.807, 2.05) is 24.3 Å². The first-order valence-electron chi connectivity index (χ1n) is 8.97. The first-order chi connectivity index (χ1) is 12.1. The van der Waals surface area contributed by atoms with E-state index >= 15 is 0 Å². The van der Waals surface area contributed by atoms with Gasteiger partial charge in [0.15, 0.2) is 0 Å². The molecule has 0 radical (unpaired) electrons. The lowest BCUT2D eigenvalue weighted by Gasteiger charge is -2.45. The molecule has 2 fully saturated rings. The van der Waals surface area contributed by atoms with Crippen LogP contribution in [0, 0.1) is 11.8 Å². The highest BCUT2D eigenvalue weighted by atomic mass is 35.5. The Balaban J connectivity index is 1.54. The van der Waals surface area contributed by atoms with Crippen LogP contribution in [0.15, 0.2) is 30.5 Å². The molecule has 1 heterocycles. The third-order valence-electron chi connectivity index (χ3n) is 5.69.